The van der Waals surface area contributed by atoms with Gasteiger partial charge in [0.05, 0.1) is 11.8 Å². The molecular weight excluding hydrogens is 296 g/mol. The average molecular weight is 305 g/mol. The summed E-state index contributed by atoms with van der Waals surface area (Å²) in [5.74, 6) is 0.343. The summed E-state index contributed by atoms with van der Waals surface area (Å²) in [6.45, 7) is -0.126. The van der Waals surface area contributed by atoms with Crippen molar-refractivity contribution < 1.29 is 18.4 Å². The highest BCUT2D eigenvalue weighted by atomic mass is 35.5. The summed E-state index contributed by atoms with van der Waals surface area (Å²) in [6, 6.07) is 9.86. The Morgan fingerprint density at radius 2 is 2.14 bits per heavy atom. The van der Waals surface area contributed by atoms with Crippen LogP contribution in [-0.4, -0.2) is 16.2 Å². The molecule has 0 aliphatic heterocycles. The van der Waals surface area contributed by atoms with Gasteiger partial charge in [0.15, 0.2) is 12.4 Å². The number of esters is 1. The van der Waals surface area contributed by atoms with Gasteiger partial charge in [0.2, 0.25) is 0 Å². The van der Waals surface area contributed by atoms with E-state index in [1.54, 1.807) is 30.3 Å². The highest BCUT2D eigenvalue weighted by Crippen LogP contribution is 2.18. The fourth-order valence-electron chi connectivity index (χ4n) is 1.64. The molecule has 0 unspecified atom stereocenters. The first kappa shape index (κ1) is 13.4. The smallest absolute Gasteiger partial charge is 0.338 e. The Morgan fingerprint density at radius 1 is 1.24 bits per heavy atom. The Labute approximate surface area is 124 Å². The molecule has 0 atom stereocenters. The number of aromatic nitrogens is 2. The van der Waals surface area contributed by atoms with Crippen LogP contribution >= 0.6 is 11.6 Å². The summed E-state index contributed by atoms with van der Waals surface area (Å²) in [7, 11) is 0. The Morgan fingerprint density at radius 3 is 2.90 bits per heavy atom. The van der Waals surface area contributed by atoms with Crippen LogP contribution < -0.4 is 0 Å². The third-order valence-corrected chi connectivity index (χ3v) is 2.82. The zero-order valence-electron chi connectivity index (χ0n) is 10.7. The fraction of sp³-hybridized carbons (Fsp3) is 0.0714. The minimum atomic E-state index is -0.518. The maximum atomic E-state index is 11.8. The molecule has 1 aromatic carbocycles. The molecule has 6 nitrogen and oxygen atoms in total. The van der Waals surface area contributed by atoms with Crippen LogP contribution in [0, 0.1) is 0 Å². The lowest BCUT2D eigenvalue weighted by Gasteiger charge is -2.02. The summed E-state index contributed by atoms with van der Waals surface area (Å²) in [5.41, 5.74) is 0.355. The molecule has 0 radical (unpaired) electrons. The lowest BCUT2D eigenvalue weighted by Crippen LogP contribution is -2.05. The van der Waals surface area contributed by atoms with Crippen LogP contribution in [0.1, 0.15) is 16.2 Å². The molecule has 0 fully saturated rings. The van der Waals surface area contributed by atoms with Gasteiger partial charge >= 0.3 is 5.97 Å². The Kier molecular flexibility index (Phi) is 3.70. The van der Waals surface area contributed by atoms with E-state index in [2.05, 4.69) is 10.2 Å². The predicted octanol–water partition coefficient (Wildman–Crippen LogP) is 3.34. The van der Waals surface area contributed by atoms with Crippen molar-refractivity contribution in [2.75, 3.05) is 0 Å². The predicted molar refractivity (Wildman–Crippen MR) is 72.6 cm³/mol. The molecule has 0 bridgehead atoms. The first-order chi connectivity index (χ1) is 10.2. The zero-order chi connectivity index (χ0) is 14.7. The molecule has 0 N–H and O–H groups in total. The van der Waals surface area contributed by atoms with E-state index in [1.807, 2.05) is 0 Å². The third kappa shape index (κ3) is 3.11. The van der Waals surface area contributed by atoms with Crippen molar-refractivity contribution in [2.45, 2.75) is 6.61 Å². The van der Waals surface area contributed by atoms with Gasteiger partial charge in [0, 0.05) is 5.02 Å². The van der Waals surface area contributed by atoms with Crippen LogP contribution in [0.4, 0.5) is 0 Å². The fourth-order valence-corrected chi connectivity index (χ4v) is 1.83. The van der Waals surface area contributed by atoms with Crippen LogP contribution in [0.2, 0.25) is 5.02 Å². The number of benzene rings is 1. The minimum Gasteiger partial charge on any atom is -0.459 e. The minimum absolute atomic E-state index is 0.126. The SMILES string of the molecule is O=C(OCc1nnc(-c2ccco2)o1)c1cccc(Cl)c1. The van der Waals surface area contributed by atoms with Gasteiger partial charge < -0.3 is 13.6 Å². The molecule has 7 heteroatoms. The second-order valence-electron chi connectivity index (χ2n) is 4.06. The van der Waals surface area contributed by atoms with E-state index in [1.165, 1.54) is 12.3 Å². The van der Waals surface area contributed by atoms with E-state index in [4.69, 9.17) is 25.2 Å². The molecule has 3 rings (SSSR count). The Bertz CT molecular complexity index is 752. The van der Waals surface area contributed by atoms with Crippen LogP contribution in [-0.2, 0) is 11.3 Å². The van der Waals surface area contributed by atoms with Crippen molar-refractivity contribution in [3.8, 4) is 11.7 Å². The second-order valence-corrected chi connectivity index (χ2v) is 4.50. The number of ether oxygens (including phenoxy) is 1. The summed E-state index contributed by atoms with van der Waals surface area (Å²) < 4.78 is 15.5. The second kappa shape index (κ2) is 5.80. The molecule has 0 saturated heterocycles. The molecule has 0 amide bonds. The largest absolute Gasteiger partial charge is 0.459 e. The number of carbonyl (C=O) groups excluding carboxylic acids is 1. The van der Waals surface area contributed by atoms with Gasteiger partial charge in [-0.15, -0.1) is 10.2 Å². The number of nitrogens with zero attached hydrogens (tertiary/aromatic N) is 2. The quantitative estimate of drug-likeness (QED) is 0.688. The summed E-state index contributed by atoms with van der Waals surface area (Å²) in [6.07, 6.45) is 1.50. The first-order valence-corrected chi connectivity index (χ1v) is 6.39. The van der Waals surface area contributed by atoms with Crippen molar-refractivity contribution in [2.24, 2.45) is 0 Å². The number of halogens is 1. The number of carbonyl (C=O) groups is 1. The Balaban J connectivity index is 1.64. The normalized spacial score (nSPS) is 10.5. The molecule has 0 spiro atoms. The Hall–Kier alpha value is -2.60. The van der Waals surface area contributed by atoms with Crippen molar-refractivity contribution >= 4 is 17.6 Å². The van der Waals surface area contributed by atoms with Crippen molar-refractivity contribution in [1.29, 1.82) is 0 Å². The van der Waals surface area contributed by atoms with Gasteiger partial charge in [0.1, 0.15) is 0 Å². The topological polar surface area (TPSA) is 78.4 Å². The van der Waals surface area contributed by atoms with Gasteiger partial charge in [-0.05, 0) is 30.3 Å². The number of rotatable bonds is 4. The molecule has 106 valence electrons. The molecule has 2 heterocycles. The van der Waals surface area contributed by atoms with Crippen LogP contribution in [0.15, 0.2) is 51.5 Å². The maximum absolute atomic E-state index is 11.8. The highest BCUT2D eigenvalue weighted by Gasteiger charge is 2.13. The van der Waals surface area contributed by atoms with E-state index >= 15 is 0 Å². The van der Waals surface area contributed by atoms with Crippen molar-refractivity contribution in [1.82, 2.24) is 10.2 Å². The lowest BCUT2D eigenvalue weighted by atomic mass is 10.2. The third-order valence-electron chi connectivity index (χ3n) is 2.59. The van der Waals surface area contributed by atoms with E-state index in [0.717, 1.165) is 0 Å². The maximum Gasteiger partial charge on any atom is 0.338 e. The molecule has 0 saturated carbocycles. The van der Waals surface area contributed by atoms with Gasteiger partial charge in [-0.25, -0.2) is 4.79 Å². The number of furan rings is 1. The number of hydrogen-bond acceptors (Lipinski definition) is 6. The lowest BCUT2D eigenvalue weighted by molar-refractivity contribution is 0.0438. The standard InChI is InChI=1S/C14H9ClN2O4/c15-10-4-1-3-9(7-10)14(18)20-8-12-16-17-13(21-12)11-5-2-6-19-11/h1-7H,8H2. The van der Waals surface area contributed by atoms with Gasteiger partial charge in [-0.3, -0.25) is 0 Å². The monoisotopic (exact) mass is 304 g/mol. The van der Waals surface area contributed by atoms with E-state index in [-0.39, 0.29) is 18.4 Å². The summed E-state index contributed by atoms with van der Waals surface area (Å²) in [5, 5.41) is 8.04. The molecular formula is C14H9ClN2O4. The first-order valence-electron chi connectivity index (χ1n) is 6.01. The van der Waals surface area contributed by atoms with Gasteiger partial charge in [-0.1, -0.05) is 17.7 Å². The van der Waals surface area contributed by atoms with Gasteiger partial charge in [-0.2, -0.15) is 0 Å². The molecule has 0 aliphatic carbocycles. The van der Waals surface area contributed by atoms with Gasteiger partial charge in [0.25, 0.3) is 11.8 Å². The van der Waals surface area contributed by atoms with Crippen LogP contribution in [0.25, 0.3) is 11.7 Å². The van der Waals surface area contributed by atoms with Crippen LogP contribution in [0.5, 0.6) is 0 Å². The zero-order valence-corrected chi connectivity index (χ0v) is 11.4. The average Bonchev–Trinajstić information content (AvgIpc) is 3.15. The summed E-state index contributed by atoms with van der Waals surface area (Å²) >= 11 is 5.81. The van der Waals surface area contributed by atoms with E-state index < -0.39 is 5.97 Å². The number of hydrogen-bond donors (Lipinski definition) is 0. The highest BCUT2D eigenvalue weighted by molar-refractivity contribution is 6.30. The molecule has 21 heavy (non-hydrogen) atoms. The molecule has 2 aromatic heterocycles. The summed E-state index contributed by atoms with van der Waals surface area (Å²) in [4.78, 5) is 11.8. The van der Waals surface area contributed by atoms with E-state index in [0.29, 0.717) is 16.3 Å². The van der Waals surface area contributed by atoms with Crippen molar-refractivity contribution in [3.05, 3.63) is 59.1 Å². The van der Waals surface area contributed by atoms with E-state index in [9.17, 15) is 4.79 Å². The molecule has 0 aliphatic rings. The van der Waals surface area contributed by atoms with Crippen LogP contribution in [0.3, 0.4) is 0 Å². The molecule has 3 aromatic rings. The van der Waals surface area contributed by atoms with Crippen molar-refractivity contribution in [3.63, 3.8) is 0 Å².